The van der Waals surface area contributed by atoms with Crippen LogP contribution in [0, 0.1) is 0 Å². The van der Waals surface area contributed by atoms with Gasteiger partial charge in [0.2, 0.25) is 5.95 Å². The SMILES string of the molecule is CC(C)NC(=O)c1cnc(Nc2ccc3c(c2)CCN3)nc1Nc1cccc(C(C)(C)C)n1. The van der Waals surface area contributed by atoms with Crippen molar-refractivity contribution in [3.63, 3.8) is 0 Å². The predicted molar refractivity (Wildman–Crippen MR) is 133 cm³/mol. The molecule has 0 unspecified atom stereocenters. The van der Waals surface area contributed by atoms with Crippen LogP contribution in [0.25, 0.3) is 0 Å². The zero-order chi connectivity index (χ0) is 23.6. The number of hydrogen-bond acceptors (Lipinski definition) is 7. The molecular formula is C25H31N7O. The van der Waals surface area contributed by atoms with E-state index in [-0.39, 0.29) is 17.4 Å². The second-order valence-corrected chi connectivity index (χ2v) is 9.54. The van der Waals surface area contributed by atoms with E-state index in [0.717, 1.165) is 30.0 Å². The third-order valence-electron chi connectivity index (χ3n) is 5.29. The number of anilines is 5. The highest BCUT2D eigenvalue weighted by molar-refractivity contribution is 5.99. The van der Waals surface area contributed by atoms with Crippen molar-refractivity contribution in [1.29, 1.82) is 0 Å². The molecule has 0 bridgehead atoms. The summed E-state index contributed by atoms with van der Waals surface area (Å²) in [5.41, 5.74) is 4.52. The van der Waals surface area contributed by atoms with Crippen LogP contribution in [-0.2, 0) is 11.8 Å². The zero-order valence-electron chi connectivity index (χ0n) is 19.8. The molecule has 3 aromatic rings. The molecule has 0 radical (unpaired) electrons. The van der Waals surface area contributed by atoms with Gasteiger partial charge in [0, 0.05) is 41.3 Å². The third kappa shape index (κ3) is 5.39. The first-order valence-corrected chi connectivity index (χ1v) is 11.3. The molecule has 4 rings (SSSR count). The summed E-state index contributed by atoms with van der Waals surface area (Å²) in [5, 5.41) is 12.8. The highest BCUT2D eigenvalue weighted by Crippen LogP contribution is 2.28. The van der Waals surface area contributed by atoms with E-state index in [4.69, 9.17) is 4.98 Å². The number of nitrogens with zero attached hydrogens (tertiary/aromatic N) is 3. The summed E-state index contributed by atoms with van der Waals surface area (Å²) < 4.78 is 0. The van der Waals surface area contributed by atoms with Crippen LogP contribution in [0.15, 0.2) is 42.6 Å². The van der Waals surface area contributed by atoms with Crippen LogP contribution in [0.3, 0.4) is 0 Å². The Balaban J connectivity index is 1.65. The van der Waals surface area contributed by atoms with Crippen LogP contribution in [0.1, 0.15) is 56.2 Å². The molecule has 1 amide bonds. The Hall–Kier alpha value is -3.68. The fraction of sp³-hybridized carbons (Fsp3) is 0.360. The van der Waals surface area contributed by atoms with Gasteiger partial charge in [-0.05, 0) is 56.2 Å². The van der Waals surface area contributed by atoms with Crippen molar-refractivity contribution in [3.8, 4) is 0 Å². The summed E-state index contributed by atoms with van der Waals surface area (Å²) in [5.74, 6) is 1.17. The van der Waals surface area contributed by atoms with E-state index < -0.39 is 0 Å². The molecule has 1 aliphatic rings. The molecule has 8 nitrogen and oxygen atoms in total. The van der Waals surface area contributed by atoms with Gasteiger partial charge in [0.05, 0.1) is 0 Å². The summed E-state index contributed by atoms with van der Waals surface area (Å²) in [6, 6.07) is 11.9. The van der Waals surface area contributed by atoms with E-state index in [9.17, 15) is 4.79 Å². The molecule has 1 aromatic carbocycles. The van der Waals surface area contributed by atoms with Crippen molar-refractivity contribution in [2.75, 3.05) is 22.5 Å². The molecule has 0 atom stereocenters. The Labute approximate surface area is 194 Å². The van der Waals surface area contributed by atoms with Gasteiger partial charge >= 0.3 is 0 Å². The molecular weight excluding hydrogens is 414 g/mol. The topological polar surface area (TPSA) is 104 Å². The van der Waals surface area contributed by atoms with Gasteiger partial charge in [0.25, 0.3) is 5.91 Å². The first kappa shape index (κ1) is 22.5. The summed E-state index contributed by atoms with van der Waals surface area (Å²) in [6.07, 6.45) is 2.53. The lowest BCUT2D eigenvalue weighted by molar-refractivity contribution is 0.0943. The molecule has 172 valence electrons. The number of carbonyl (C=O) groups is 1. The molecule has 2 aromatic heterocycles. The molecule has 0 spiro atoms. The Bertz CT molecular complexity index is 1170. The molecule has 3 heterocycles. The number of aromatic nitrogens is 3. The molecule has 1 aliphatic heterocycles. The van der Waals surface area contributed by atoms with Gasteiger partial charge < -0.3 is 21.3 Å². The highest BCUT2D eigenvalue weighted by Gasteiger charge is 2.19. The average molecular weight is 446 g/mol. The van der Waals surface area contributed by atoms with Gasteiger partial charge in [-0.15, -0.1) is 0 Å². The van der Waals surface area contributed by atoms with Crippen LogP contribution in [0.4, 0.5) is 29.0 Å². The Morgan fingerprint density at radius 1 is 1.09 bits per heavy atom. The number of hydrogen-bond donors (Lipinski definition) is 4. The van der Waals surface area contributed by atoms with E-state index in [1.165, 1.54) is 11.8 Å². The number of carbonyl (C=O) groups excluding carboxylic acids is 1. The minimum Gasteiger partial charge on any atom is -0.384 e. The van der Waals surface area contributed by atoms with Gasteiger partial charge in [-0.2, -0.15) is 4.98 Å². The molecule has 33 heavy (non-hydrogen) atoms. The van der Waals surface area contributed by atoms with Gasteiger partial charge in [0.1, 0.15) is 17.2 Å². The fourth-order valence-electron chi connectivity index (χ4n) is 3.60. The summed E-state index contributed by atoms with van der Waals surface area (Å²) in [4.78, 5) is 26.6. The van der Waals surface area contributed by atoms with Crippen molar-refractivity contribution in [1.82, 2.24) is 20.3 Å². The maximum atomic E-state index is 12.8. The van der Waals surface area contributed by atoms with Crippen LogP contribution in [0.2, 0.25) is 0 Å². The monoisotopic (exact) mass is 445 g/mol. The minimum atomic E-state index is -0.241. The van der Waals surface area contributed by atoms with Crippen molar-refractivity contribution in [2.45, 2.75) is 52.5 Å². The van der Waals surface area contributed by atoms with Gasteiger partial charge in [-0.1, -0.05) is 26.8 Å². The van der Waals surface area contributed by atoms with E-state index >= 15 is 0 Å². The van der Waals surface area contributed by atoms with E-state index in [2.05, 4.69) is 64.1 Å². The maximum Gasteiger partial charge on any atom is 0.256 e. The second-order valence-electron chi connectivity index (χ2n) is 9.54. The van der Waals surface area contributed by atoms with E-state index in [1.54, 1.807) is 0 Å². The van der Waals surface area contributed by atoms with Crippen LogP contribution < -0.4 is 21.3 Å². The number of amides is 1. The largest absolute Gasteiger partial charge is 0.384 e. The van der Waals surface area contributed by atoms with E-state index in [1.807, 2.05) is 38.1 Å². The van der Waals surface area contributed by atoms with Crippen LogP contribution >= 0.6 is 0 Å². The summed E-state index contributed by atoms with van der Waals surface area (Å²) in [6.45, 7) is 11.1. The Kier molecular flexibility index (Phi) is 6.18. The fourth-order valence-corrected chi connectivity index (χ4v) is 3.60. The van der Waals surface area contributed by atoms with Crippen LogP contribution in [0.5, 0.6) is 0 Å². The Morgan fingerprint density at radius 3 is 2.67 bits per heavy atom. The number of nitrogens with one attached hydrogen (secondary N) is 4. The summed E-state index contributed by atoms with van der Waals surface area (Å²) >= 11 is 0. The lowest BCUT2D eigenvalue weighted by atomic mass is 9.92. The van der Waals surface area contributed by atoms with Crippen molar-refractivity contribution >= 4 is 34.9 Å². The molecule has 0 saturated carbocycles. The number of benzene rings is 1. The predicted octanol–water partition coefficient (Wildman–Crippen LogP) is 4.76. The van der Waals surface area contributed by atoms with E-state index in [0.29, 0.717) is 23.1 Å². The van der Waals surface area contributed by atoms with Gasteiger partial charge in [-0.25, -0.2) is 9.97 Å². The lowest BCUT2D eigenvalue weighted by Gasteiger charge is -2.19. The minimum absolute atomic E-state index is 0.00878. The zero-order valence-corrected chi connectivity index (χ0v) is 19.8. The van der Waals surface area contributed by atoms with Crippen LogP contribution in [-0.4, -0.2) is 33.4 Å². The standard InChI is InChI=1S/C25H31N7O/c1-15(2)28-23(33)18-14-27-24(29-17-9-10-19-16(13-17)11-12-26-19)32-22(18)31-21-8-6-7-20(30-21)25(3,4)5/h6-10,13-15,26H,11-12H2,1-5H3,(H,28,33)(H2,27,29,30,31,32). The molecule has 0 aliphatic carbocycles. The normalized spacial score (nSPS) is 12.8. The first-order valence-electron chi connectivity index (χ1n) is 11.3. The van der Waals surface area contributed by atoms with Gasteiger partial charge in [0.15, 0.2) is 0 Å². The maximum absolute atomic E-state index is 12.8. The number of fused-ring (bicyclic) bond motifs is 1. The smallest absolute Gasteiger partial charge is 0.256 e. The Morgan fingerprint density at radius 2 is 1.91 bits per heavy atom. The number of rotatable bonds is 6. The van der Waals surface area contributed by atoms with Crippen molar-refractivity contribution < 1.29 is 4.79 Å². The van der Waals surface area contributed by atoms with Crippen molar-refractivity contribution in [3.05, 3.63) is 59.4 Å². The number of pyridine rings is 1. The quantitative estimate of drug-likeness (QED) is 0.434. The molecule has 8 heteroatoms. The molecule has 0 saturated heterocycles. The second kappa shape index (κ2) is 9.05. The van der Waals surface area contributed by atoms with Crippen molar-refractivity contribution in [2.24, 2.45) is 0 Å². The average Bonchev–Trinajstić information content (AvgIpc) is 3.21. The highest BCUT2D eigenvalue weighted by atomic mass is 16.1. The first-order chi connectivity index (χ1) is 15.7. The van der Waals surface area contributed by atoms with Gasteiger partial charge in [-0.3, -0.25) is 4.79 Å². The molecule has 0 fully saturated rings. The lowest BCUT2D eigenvalue weighted by Crippen LogP contribution is -2.31. The summed E-state index contributed by atoms with van der Waals surface area (Å²) in [7, 11) is 0. The molecule has 4 N–H and O–H groups in total. The third-order valence-corrected chi connectivity index (χ3v) is 5.29.